The van der Waals surface area contributed by atoms with Crippen LogP contribution >= 0.6 is 0 Å². The molecule has 0 unspecified atom stereocenters. The van der Waals surface area contributed by atoms with Crippen LogP contribution in [0.1, 0.15) is 68.4 Å². The Morgan fingerprint density at radius 3 is 2.51 bits per heavy atom. The number of ether oxygens (including phenoxy) is 1. The molecule has 0 radical (unpaired) electrons. The van der Waals surface area contributed by atoms with Crippen LogP contribution in [0.2, 0.25) is 0 Å². The van der Waals surface area contributed by atoms with Crippen molar-refractivity contribution < 1.29 is 13.2 Å². The first-order chi connectivity index (χ1) is 19.7. The molecule has 2 aliphatic rings. The Hall–Kier alpha value is -4.00. The Labute approximate surface area is 237 Å². The number of hydrogen-bond acceptors (Lipinski definition) is 11. The summed E-state index contributed by atoms with van der Waals surface area (Å²) in [5.74, 6) is 1.66. The maximum Gasteiger partial charge on any atom is 0.295 e. The number of anilines is 1. The molecule has 41 heavy (non-hydrogen) atoms. The Bertz CT molecular complexity index is 1800. The van der Waals surface area contributed by atoms with E-state index in [1.165, 1.54) is 18.6 Å². The molecule has 6 rings (SSSR count). The van der Waals surface area contributed by atoms with Crippen LogP contribution in [0.15, 0.2) is 34.5 Å². The lowest BCUT2D eigenvalue weighted by atomic mass is 10.1. The first-order valence-corrected chi connectivity index (χ1v) is 15.5. The average molecular weight is 577 g/mol. The van der Waals surface area contributed by atoms with Crippen molar-refractivity contribution in [1.82, 2.24) is 34.5 Å². The van der Waals surface area contributed by atoms with E-state index in [0.29, 0.717) is 46.0 Å². The minimum atomic E-state index is -3.39. The second-order valence-electron chi connectivity index (χ2n) is 10.7. The highest BCUT2D eigenvalue weighted by atomic mass is 32.2. The summed E-state index contributed by atoms with van der Waals surface area (Å²) in [6.07, 6.45) is 7.15. The molecular weight excluding hydrogens is 544 g/mol. The van der Waals surface area contributed by atoms with E-state index in [2.05, 4.69) is 25.3 Å². The van der Waals surface area contributed by atoms with Crippen molar-refractivity contribution in [3.05, 3.63) is 52.0 Å². The lowest BCUT2D eigenvalue weighted by Crippen LogP contribution is -2.29. The second-order valence-corrected chi connectivity index (χ2v) is 12.9. The summed E-state index contributed by atoms with van der Waals surface area (Å²) in [7, 11) is -1.83. The number of pyridine rings is 1. The molecule has 12 nitrogen and oxygen atoms in total. The molecule has 2 saturated carbocycles. The van der Waals surface area contributed by atoms with E-state index in [0.717, 1.165) is 36.9 Å². The van der Waals surface area contributed by atoms with Crippen molar-refractivity contribution in [1.29, 1.82) is 0 Å². The number of sulfone groups is 1. The molecule has 0 aliphatic heterocycles. The highest BCUT2D eigenvalue weighted by Crippen LogP contribution is 2.45. The number of rotatable bonds is 10. The van der Waals surface area contributed by atoms with Gasteiger partial charge in [-0.15, -0.1) is 0 Å². The molecule has 0 bridgehead atoms. The molecule has 0 saturated heterocycles. The molecule has 214 valence electrons. The third-order valence-electron chi connectivity index (χ3n) is 7.80. The van der Waals surface area contributed by atoms with E-state index in [1.54, 1.807) is 24.7 Å². The topological polar surface area (TPSA) is 155 Å². The number of methoxy groups -OCH3 is 1. The van der Waals surface area contributed by atoms with Crippen LogP contribution in [0.5, 0.6) is 5.88 Å². The van der Waals surface area contributed by atoms with E-state index in [-0.39, 0.29) is 34.7 Å². The van der Waals surface area contributed by atoms with Gasteiger partial charge < -0.3 is 10.1 Å². The van der Waals surface area contributed by atoms with Gasteiger partial charge in [0.25, 0.3) is 5.56 Å². The van der Waals surface area contributed by atoms with Crippen LogP contribution in [0.3, 0.4) is 0 Å². The molecule has 2 fully saturated rings. The molecule has 4 heterocycles. The number of aromatic nitrogens is 7. The number of aryl methyl sites for hydroxylation is 1. The minimum absolute atomic E-state index is 0.0214. The van der Waals surface area contributed by atoms with Crippen LogP contribution in [0, 0.1) is 12.8 Å². The summed E-state index contributed by atoms with van der Waals surface area (Å²) in [4.78, 5) is 41.2. The number of nitrogens with zero attached hydrogens (tertiary/aromatic N) is 7. The van der Waals surface area contributed by atoms with Gasteiger partial charge in [-0.2, -0.15) is 0 Å². The van der Waals surface area contributed by atoms with Gasteiger partial charge in [-0.3, -0.25) is 9.36 Å². The summed E-state index contributed by atoms with van der Waals surface area (Å²) in [5, 5.41) is 3.17. The first kappa shape index (κ1) is 27.2. The highest BCUT2D eigenvalue weighted by Gasteiger charge is 2.34. The summed E-state index contributed by atoms with van der Waals surface area (Å²) >= 11 is 0. The molecule has 0 amide bonds. The Morgan fingerprint density at radius 2 is 1.88 bits per heavy atom. The normalized spacial score (nSPS) is 16.1. The third kappa shape index (κ3) is 5.14. The first-order valence-electron chi connectivity index (χ1n) is 13.8. The van der Waals surface area contributed by atoms with Gasteiger partial charge in [0.1, 0.15) is 17.4 Å². The lowest BCUT2D eigenvalue weighted by molar-refractivity contribution is 0.397. The summed E-state index contributed by atoms with van der Waals surface area (Å²) in [5.41, 5.74) is 3.56. The fourth-order valence-electron chi connectivity index (χ4n) is 5.06. The fourth-order valence-corrected chi connectivity index (χ4v) is 5.85. The van der Waals surface area contributed by atoms with Gasteiger partial charge in [0.2, 0.25) is 5.88 Å². The molecular formula is C28H32N8O4S. The van der Waals surface area contributed by atoms with E-state index < -0.39 is 9.84 Å². The predicted octanol–water partition coefficient (Wildman–Crippen LogP) is 3.61. The van der Waals surface area contributed by atoms with Gasteiger partial charge in [-0.1, -0.05) is 13.0 Å². The zero-order valence-electron chi connectivity index (χ0n) is 23.5. The van der Waals surface area contributed by atoms with Crippen molar-refractivity contribution in [2.45, 2.75) is 70.0 Å². The average Bonchev–Trinajstić information content (AvgIpc) is 3.89. The maximum atomic E-state index is 13.9. The van der Waals surface area contributed by atoms with Gasteiger partial charge in [0, 0.05) is 24.7 Å². The summed E-state index contributed by atoms with van der Waals surface area (Å²) in [6, 6.07) is 3.07. The van der Waals surface area contributed by atoms with Gasteiger partial charge in [-0.25, -0.2) is 38.3 Å². The van der Waals surface area contributed by atoms with E-state index in [1.807, 2.05) is 13.8 Å². The summed E-state index contributed by atoms with van der Waals surface area (Å²) < 4.78 is 31.5. The Balaban J connectivity index is 1.43. The predicted molar refractivity (Wildman–Crippen MR) is 153 cm³/mol. The van der Waals surface area contributed by atoms with Crippen molar-refractivity contribution >= 4 is 26.8 Å². The highest BCUT2D eigenvalue weighted by molar-refractivity contribution is 7.91. The van der Waals surface area contributed by atoms with Crippen LogP contribution in [-0.2, 0) is 16.4 Å². The van der Waals surface area contributed by atoms with Crippen molar-refractivity contribution in [3.8, 4) is 17.3 Å². The largest absolute Gasteiger partial charge is 0.480 e. The third-order valence-corrected chi connectivity index (χ3v) is 9.44. The SMILES string of the molecule is CCS(=O)(=O)c1ccc(CNc2nc3c(C)nc(-c4c(OC)ncnc4C4CC4)nc3n([C@@H](C)C3CC3)c2=O)cn1. The standard InChI is InChI=1S/C28H32N8O4S/c1-5-41(38,39)20-11-6-17(12-29-20)13-30-25-28(37)36(16(3)18-7-8-18)26-22(34-25)15(2)33-24(35-26)21-23(19-9-10-19)31-14-32-27(21)40-4/h6,11-12,14,16,18-19H,5,7-10,13H2,1-4H3,(H,30,34)/t16-/m0/s1. The molecule has 0 spiro atoms. The van der Waals surface area contributed by atoms with E-state index in [4.69, 9.17) is 14.7 Å². The van der Waals surface area contributed by atoms with E-state index >= 15 is 0 Å². The van der Waals surface area contributed by atoms with Crippen LogP contribution in [0.25, 0.3) is 22.6 Å². The maximum absolute atomic E-state index is 13.9. The Morgan fingerprint density at radius 1 is 1.10 bits per heavy atom. The van der Waals surface area contributed by atoms with Crippen molar-refractivity contribution in [2.75, 3.05) is 18.2 Å². The van der Waals surface area contributed by atoms with Crippen LogP contribution in [0.4, 0.5) is 5.82 Å². The van der Waals surface area contributed by atoms with Crippen molar-refractivity contribution in [2.24, 2.45) is 5.92 Å². The lowest BCUT2D eigenvalue weighted by Gasteiger charge is -2.20. The quantitative estimate of drug-likeness (QED) is 0.294. The van der Waals surface area contributed by atoms with Crippen molar-refractivity contribution in [3.63, 3.8) is 0 Å². The smallest absolute Gasteiger partial charge is 0.295 e. The molecule has 13 heteroatoms. The molecule has 1 atom stereocenters. The number of hydrogen-bond donors (Lipinski definition) is 1. The number of nitrogens with one attached hydrogen (secondary N) is 1. The molecule has 2 aliphatic carbocycles. The van der Waals surface area contributed by atoms with Gasteiger partial charge >= 0.3 is 0 Å². The second kappa shape index (κ2) is 10.4. The minimum Gasteiger partial charge on any atom is -0.480 e. The van der Waals surface area contributed by atoms with Gasteiger partial charge in [0.15, 0.2) is 32.2 Å². The zero-order chi connectivity index (χ0) is 28.9. The van der Waals surface area contributed by atoms with Crippen LogP contribution < -0.4 is 15.6 Å². The molecule has 0 aromatic carbocycles. The molecule has 4 aromatic heterocycles. The summed E-state index contributed by atoms with van der Waals surface area (Å²) in [6.45, 7) is 5.71. The van der Waals surface area contributed by atoms with E-state index in [9.17, 15) is 13.2 Å². The molecule has 4 aromatic rings. The van der Waals surface area contributed by atoms with Gasteiger partial charge in [0.05, 0.1) is 24.3 Å². The molecule has 1 N–H and O–H groups in total. The number of fused-ring (bicyclic) bond motifs is 1. The Kier molecular flexibility index (Phi) is 6.92. The van der Waals surface area contributed by atoms with Gasteiger partial charge in [-0.05, 0) is 57.1 Å². The zero-order valence-corrected chi connectivity index (χ0v) is 24.3. The fraction of sp³-hybridized carbons (Fsp3) is 0.464. The van der Waals surface area contributed by atoms with Crippen LogP contribution in [-0.4, -0.2) is 55.8 Å². The monoisotopic (exact) mass is 576 g/mol.